The van der Waals surface area contributed by atoms with Crippen LogP contribution in [-0.2, 0) is 6.42 Å². The summed E-state index contributed by atoms with van der Waals surface area (Å²) in [6.45, 7) is 2.08. The van der Waals surface area contributed by atoms with Crippen molar-refractivity contribution in [3.63, 3.8) is 0 Å². The minimum atomic E-state index is -0.952. The summed E-state index contributed by atoms with van der Waals surface area (Å²) in [6.07, 6.45) is 2.86. The Bertz CT molecular complexity index is 1360. The first-order valence-corrected chi connectivity index (χ1v) is 10.4. The van der Waals surface area contributed by atoms with Gasteiger partial charge in [0.05, 0.1) is 5.56 Å². The maximum Gasteiger partial charge on any atom is 0.159 e. The third-order valence-electron chi connectivity index (χ3n) is 5.35. The van der Waals surface area contributed by atoms with E-state index in [1.807, 2.05) is 6.07 Å². The molecular formula is C28H20F4. The molecule has 160 valence electrons. The molecule has 0 aliphatic carbocycles. The highest BCUT2D eigenvalue weighted by Gasteiger charge is 2.09. The van der Waals surface area contributed by atoms with Gasteiger partial charge in [-0.3, -0.25) is 0 Å². The second-order valence-electron chi connectivity index (χ2n) is 7.69. The first kappa shape index (κ1) is 21.6. The van der Waals surface area contributed by atoms with Crippen molar-refractivity contribution in [2.75, 3.05) is 0 Å². The highest BCUT2D eigenvalue weighted by molar-refractivity contribution is 5.87. The predicted molar refractivity (Wildman–Crippen MR) is 120 cm³/mol. The summed E-state index contributed by atoms with van der Waals surface area (Å²) in [6, 6.07) is 16.6. The van der Waals surface area contributed by atoms with Crippen molar-refractivity contribution < 1.29 is 17.6 Å². The lowest BCUT2D eigenvalue weighted by molar-refractivity contribution is 0.511. The molecule has 0 aromatic heterocycles. The molecule has 4 heteroatoms. The highest BCUT2D eigenvalue weighted by Crippen LogP contribution is 2.28. The summed E-state index contributed by atoms with van der Waals surface area (Å²) >= 11 is 0. The van der Waals surface area contributed by atoms with Crippen molar-refractivity contribution in [3.8, 4) is 23.0 Å². The molecule has 0 unspecified atom stereocenters. The quantitative estimate of drug-likeness (QED) is 0.228. The van der Waals surface area contributed by atoms with Crippen molar-refractivity contribution >= 4 is 10.8 Å². The number of hydrogen-bond acceptors (Lipinski definition) is 0. The van der Waals surface area contributed by atoms with Crippen molar-refractivity contribution in [2.45, 2.75) is 26.2 Å². The van der Waals surface area contributed by atoms with E-state index in [0.717, 1.165) is 37.0 Å². The molecule has 0 amide bonds. The van der Waals surface area contributed by atoms with Crippen molar-refractivity contribution in [2.24, 2.45) is 0 Å². The first-order chi connectivity index (χ1) is 15.4. The topological polar surface area (TPSA) is 0 Å². The lowest BCUT2D eigenvalue weighted by Crippen LogP contribution is -1.90. The van der Waals surface area contributed by atoms with E-state index < -0.39 is 17.5 Å². The van der Waals surface area contributed by atoms with E-state index in [1.165, 1.54) is 12.1 Å². The standard InChI is InChI=1S/C28H20F4/c1-2-3-4-18-5-8-20(25(29)13-18)9-6-19-7-12-24(26(30)14-19)22-11-10-21-16-27(31)28(32)17-23(21)15-22/h5,7-8,10-17H,2-4H2,1H3. The first-order valence-electron chi connectivity index (χ1n) is 10.4. The Kier molecular flexibility index (Phi) is 6.28. The van der Waals surface area contributed by atoms with Gasteiger partial charge in [0, 0.05) is 11.1 Å². The Morgan fingerprint density at radius 2 is 1.44 bits per heavy atom. The Balaban J connectivity index is 1.60. The molecule has 4 aromatic rings. The molecular weight excluding hydrogens is 412 g/mol. The van der Waals surface area contributed by atoms with Crippen LogP contribution in [0.3, 0.4) is 0 Å². The molecule has 4 rings (SSSR count). The number of benzene rings is 4. The van der Waals surface area contributed by atoms with Gasteiger partial charge in [-0.2, -0.15) is 0 Å². The van der Waals surface area contributed by atoms with Gasteiger partial charge in [-0.15, -0.1) is 0 Å². The monoisotopic (exact) mass is 432 g/mol. The van der Waals surface area contributed by atoms with E-state index in [0.29, 0.717) is 27.5 Å². The van der Waals surface area contributed by atoms with E-state index in [1.54, 1.807) is 36.4 Å². The Labute approximate surface area is 184 Å². The molecule has 0 saturated carbocycles. The molecule has 0 N–H and O–H groups in total. The van der Waals surface area contributed by atoms with Crippen LogP contribution in [0.15, 0.2) is 66.7 Å². The van der Waals surface area contributed by atoms with Crippen LogP contribution in [0.1, 0.15) is 36.5 Å². The Hall–Kier alpha value is -3.58. The summed E-state index contributed by atoms with van der Waals surface area (Å²) in [5.74, 6) is 2.80. The summed E-state index contributed by atoms with van der Waals surface area (Å²) < 4.78 is 56.0. The fourth-order valence-corrected chi connectivity index (χ4v) is 3.57. The number of hydrogen-bond donors (Lipinski definition) is 0. The van der Waals surface area contributed by atoms with Crippen LogP contribution in [0.4, 0.5) is 17.6 Å². The highest BCUT2D eigenvalue weighted by atomic mass is 19.2. The minimum absolute atomic E-state index is 0.263. The maximum absolute atomic E-state index is 14.8. The van der Waals surface area contributed by atoms with E-state index in [9.17, 15) is 17.6 Å². The zero-order valence-electron chi connectivity index (χ0n) is 17.5. The fourth-order valence-electron chi connectivity index (χ4n) is 3.57. The molecule has 0 bridgehead atoms. The largest absolute Gasteiger partial charge is 0.206 e. The van der Waals surface area contributed by atoms with Crippen molar-refractivity contribution in [1.82, 2.24) is 0 Å². The molecule has 0 saturated heterocycles. The molecule has 0 fully saturated rings. The predicted octanol–water partition coefficient (Wildman–Crippen LogP) is 7.81. The molecule has 0 spiro atoms. The number of rotatable bonds is 4. The van der Waals surface area contributed by atoms with E-state index in [-0.39, 0.29) is 11.4 Å². The Morgan fingerprint density at radius 1 is 0.656 bits per heavy atom. The number of fused-ring (bicyclic) bond motifs is 1. The van der Waals surface area contributed by atoms with Crippen LogP contribution >= 0.6 is 0 Å². The number of unbranched alkanes of at least 4 members (excludes halogenated alkanes) is 1. The minimum Gasteiger partial charge on any atom is -0.206 e. The SMILES string of the molecule is CCCCc1ccc(C#Cc2ccc(-c3ccc4cc(F)c(F)cc4c3)c(F)c2)c(F)c1. The van der Waals surface area contributed by atoms with Gasteiger partial charge in [0.25, 0.3) is 0 Å². The zero-order valence-corrected chi connectivity index (χ0v) is 17.5. The molecule has 0 aliphatic heterocycles. The Morgan fingerprint density at radius 3 is 2.16 bits per heavy atom. The van der Waals surface area contributed by atoms with Crippen molar-refractivity contribution in [3.05, 3.63) is 107 Å². The van der Waals surface area contributed by atoms with Crippen LogP contribution < -0.4 is 0 Å². The summed E-state index contributed by atoms with van der Waals surface area (Å²) in [4.78, 5) is 0. The fraction of sp³-hybridized carbons (Fsp3) is 0.143. The molecule has 0 heterocycles. The van der Waals surface area contributed by atoms with Gasteiger partial charge >= 0.3 is 0 Å². The van der Waals surface area contributed by atoms with Gasteiger partial charge in [-0.1, -0.05) is 49.5 Å². The lowest BCUT2D eigenvalue weighted by atomic mass is 9.99. The van der Waals surface area contributed by atoms with Crippen LogP contribution in [-0.4, -0.2) is 0 Å². The second kappa shape index (κ2) is 9.28. The maximum atomic E-state index is 14.8. The smallest absolute Gasteiger partial charge is 0.159 e. The number of aryl methyl sites for hydroxylation is 1. The van der Waals surface area contributed by atoms with Crippen LogP contribution in [0.2, 0.25) is 0 Å². The molecule has 0 nitrogen and oxygen atoms in total. The van der Waals surface area contributed by atoms with Crippen molar-refractivity contribution in [1.29, 1.82) is 0 Å². The average Bonchev–Trinajstić information content (AvgIpc) is 2.77. The summed E-state index contributed by atoms with van der Waals surface area (Å²) in [5, 5.41) is 1.00. The van der Waals surface area contributed by atoms with E-state index >= 15 is 0 Å². The van der Waals surface area contributed by atoms with Gasteiger partial charge in [-0.05, 0) is 77.2 Å². The number of halogens is 4. The zero-order chi connectivity index (χ0) is 22.7. The molecule has 0 atom stereocenters. The summed E-state index contributed by atoms with van der Waals surface area (Å²) in [5.41, 5.74) is 2.46. The van der Waals surface area contributed by atoms with Gasteiger partial charge in [0.2, 0.25) is 0 Å². The second-order valence-corrected chi connectivity index (χ2v) is 7.69. The molecule has 0 radical (unpaired) electrons. The summed E-state index contributed by atoms with van der Waals surface area (Å²) in [7, 11) is 0. The normalized spacial score (nSPS) is 10.8. The third-order valence-corrected chi connectivity index (χ3v) is 5.35. The van der Waals surface area contributed by atoms with Gasteiger partial charge < -0.3 is 0 Å². The van der Waals surface area contributed by atoms with E-state index in [2.05, 4.69) is 18.8 Å². The lowest BCUT2D eigenvalue weighted by Gasteiger charge is -2.07. The average molecular weight is 432 g/mol. The molecule has 0 aliphatic rings. The van der Waals surface area contributed by atoms with Crippen LogP contribution in [0, 0.1) is 35.1 Å². The molecule has 4 aromatic carbocycles. The van der Waals surface area contributed by atoms with Gasteiger partial charge in [-0.25, -0.2) is 17.6 Å². The van der Waals surface area contributed by atoms with Crippen LogP contribution in [0.25, 0.3) is 21.9 Å². The molecule has 32 heavy (non-hydrogen) atoms. The van der Waals surface area contributed by atoms with Gasteiger partial charge in [0.1, 0.15) is 11.6 Å². The third kappa shape index (κ3) is 4.68. The van der Waals surface area contributed by atoms with Crippen LogP contribution in [0.5, 0.6) is 0 Å². The van der Waals surface area contributed by atoms with Gasteiger partial charge in [0.15, 0.2) is 11.6 Å². The van der Waals surface area contributed by atoms with E-state index in [4.69, 9.17) is 0 Å².